The number of nitrogens with one attached hydrogen (secondary N) is 1. The van der Waals surface area contributed by atoms with Crippen LogP contribution in [0.3, 0.4) is 0 Å². The van der Waals surface area contributed by atoms with Crippen molar-refractivity contribution in [3.8, 4) is 5.75 Å². The topological polar surface area (TPSA) is 34.1 Å². The van der Waals surface area contributed by atoms with Crippen molar-refractivity contribution in [3.05, 3.63) is 51.6 Å². The van der Waals surface area contributed by atoms with Crippen molar-refractivity contribution in [1.29, 1.82) is 0 Å². The Bertz CT molecular complexity index is 526. The SMILES string of the molecule is Clc1cc(Cl)c(OCCNc2ccccn2)c(Cl)c1. The molecule has 19 heavy (non-hydrogen) atoms. The van der Waals surface area contributed by atoms with Crippen LogP contribution in [-0.4, -0.2) is 18.1 Å². The second-order valence-corrected chi connectivity index (χ2v) is 4.94. The molecular weight excluding hydrogens is 307 g/mol. The number of rotatable bonds is 5. The first-order chi connectivity index (χ1) is 9.16. The minimum Gasteiger partial charge on any atom is -0.489 e. The molecule has 0 unspecified atom stereocenters. The molecule has 0 bridgehead atoms. The molecule has 0 spiro atoms. The summed E-state index contributed by atoms with van der Waals surface area (Å²) in [6.45, 7) is 1.00. The molecule has 0 radical (unpaired) electrons. The van der Waals surface area contributed by atoms with Gasteiger partial charge in [0, 0.05) is 11.2 Å². The average Bonchev–Trinajstić information content (AvgIpc) is 2.38. The van der Waals surface area contributed by atoms with Crippen LogP contribution < -0.4 is 10.1 Å². The Morgan fingerprint density at radius 3 is 2.47 bits per heavy atom. The summed E-state index contributed by atoms with van der Waals surface area (Å²) in [7, 11) is 0. The molecule has 0 aliphatic carbocycles. The van der Waals surface area contributed by atoms with Gasteiger partial charge in [0.15, 0.2) is 5.75 Å². The van der Waals surface area contributed by atoms with Gasteiger partial charge in [0.05, 0.1) is 16.6 Å². The maximum Gasteiger partial charge on any atom is 0.156 e. The monoisotopic (exact) mass is 316 g/mol. The summed E-state index contributed by atoms with van der Waals surface area (Å²) in [6, 6.07) is 8.83. The van der Waals surface area contributed by atoms with E-state index >= 15 is 0 Å². The van der Waals surface area contributed by atoms with E-state index in [0.717, 1.165) is 5.82 Å². The molecule has 0 fully saturated rings. The zero-order valence-electron chi connectivity index (χ0n) is 9.87. The lowest BCUT2D eigenvalue weighted by atomic mass is 10.3. The predicted octanol–water partition coefficient (Wildman–Crippen LogP) is 4.53. The number of pyridine rings is 1. The van der Waals surface area contributed by atoms with Crippen molar-refractivity contribution in [2.75, 3.05) is 18.5 Å². The molecule has 2 rings (SSSR count). The molecule has 3 nitrogen and oxygen atoms in total. The van der Waals surface area contributed by atoms with Crippen LogP contribution in [0.25, 0.3) is 0 Å². The van der Waals surface area contributed by atoms with Crippen molar-refractivity contribution < 1.29 is 4.74 Å². The maximum atomic E-state index is 6.00. The largest absolute Gasteiger partial charge is 0.489 e. The maximum absolute atomic E-state index is 6.00. The van der Waals surface area contributed by atoms with Crippen LogP contribution in [0.15, 0.2) is 36.5 Å². The van der Waals surface area contributed by atoms with Crippen LogP contribution in [0.2, 0.25) is 15.1 Å². The first kappa shape index (κ1) is 14.3. The first-order valence-electron chi connectivity index (χ1n) is 5.59. The van der Waals surface area contributed by atoms with E-state index in [1.54, 1.807) is 18.3 Å². The van der Waals surface area contributed by atoms with E-state index in [-0.39, 0.29) is 0 Å². The molecule has 1 aromatic carbocycles. The summed E-state index contributed by atoms with van der Waals surface area (Å²) in [6.07, 6.45) is 1.72. The van der Waals surface area contributed by atoms with Gasteiger partial charge in [-0.1, -0.05) is 40.9 Å². The summed E-state index contributed by atoms with van der Waals surface area (Å²) < 4.78 is 5.53. The van der Waals surface area contributed by atoms with E-state index in [2.05, 4.69) is 10.3 Å². The second kappa shape index (κ2) is 6.85. The van der Waals surface area contributed by atoms with Crippen molar-refractivity contribution in [1.82, 2.24) is 4.98 Å². The Kier molecular flexibility index (Phi) is 5.14. The van der Waals surface area contributed by atoms with Crippen molar-refractivity contribution in [2.24, 2.45) is 0 Å². The lowest BCUT2D eigenvalue weighted by molar-refractivity contribution is 0.333. The van der Waals surface area contributed by atoms with Crippen molar-refractivity contribution >= 4 is 40.6 Å². The van der Waals surface area contributed by atoms with Gasteiger partial charge in [0.2, 0.25) is 0 Å². The van der Waals surface area contributed by atoms with Crippen LogP contribution in [-0.2, 0) is 0 Å². The molecule has 1 N–H and O–H groups in total. The number of hydrogen-bond donors (Lipinski definition) is 1. The second-order valence-electron chi connectivity index (χ2n) is 3.69. The highest BCUT2D eigenvalue weighted by atomic mass is 35.5. The van der Waals surface area contributed by atoms with Gasteiger partial charge in [0.25, 0.3) is 0 Å². The number of halogens is 3. The number of ether oxygens (including phenoxy) is 1. The highest BCUT2D eigenvalue weighted by Crippen LogP contribution is 2.35. The van der Waals surface area contributed by atoms with Crippen LogP contribution in [0.1, 0.15) is 0 Å². The summed E-state index contributed by atoms with van der Waals surface area (Å²) in [4.78, 5) is 4.13. The van der Waals surface area contributed by atoms with Gasteiger partial charge in [-0.05, 0) is 24.3 Å². The quantitative estimate of drug-likeness (QED) is 0.823. The number of aromatic nitrogens is 1. The predicted molar refractivity (Wildman–Crippen MR) is 79.7 cm³/mol. The molecule has 0 aliphatic heterocycles. The molecule has 1 aromatic heterocycles. The fourth-order valence-electron chi connectivity index (χ4n) is 1.47. The van der Waals surface area contributed by atoms with E-state index in [4.69, 9.17) is 39.5 Å². The molecule has 1 heterocycles. The highest BCUT2D eigenvalue weighted by molar-refractivity contribution is 6.40. The van der Waals surface area contributed by atoms with Gasteiger partial charge in [-0.25, -0.2) is 4.98 Å². The van der Waals surface area contributed by atoms with E-state index in [1.807, 2.05) is 18.2 Å². The molecule has 0 amide bonds. The van der Waals surface area contributed by atoms with Gasteiger partial charge in [0.1, 0.15) is 12.4 Å². The Balaban J connectivity index is 1.86. The molecule has 0 saturated heterocycles. The molecular formula is C13H11Cl3N2O. The third-order valence-corrected chi connectivity index (χ3v) is 3.06. The Hall–Kier alpha value is -1.16. The summed E-state index contributed by atoms with van der Waals surface area (Å²) in [5.41, 5.74) is 0. The van der Waals surface area contributed by atoms with Gasteiger partial charge >= 0.3 is 0 Å². The lowest BCUT2D eigenvalue weighted by Crippen LogP contribution is -2.12. The average molecular weight is 318 g/mol. The van der Waals surface area contributed by atoms with Gasteiger partial charge in [-0.15, -0.1) is 0 Å². The standard InChI is InChI=1S/C13H11Cl3N2O/c14-9-7-10(15)13(11(16)8-9)19-6-5-18-12-3-1-2-4-17-12/h1-4,7-8H,5-6H2,(H,17,18). The van der Waals surface area contributed by atoms with Crippen LogP contribution in [0, 0.1) is 0 Å². The van der Waals surface area contributed by atoms with E-state index in [1.165, 1.54) is 0 Å². The molecule has 0 atom stereocenters. The number of benzene rings is 1. The van der Waals surface area contributed by atoms with Crippen molar-refractivity contribution in [2.45, 2.75) is 0 Å². The molecule has 0 aliphatic rings. The van der Waals surface area contributed by atoms with Crippen LogP contribution in [0.4, 0.5) is 5.82 Å². The molecule has 6 heteroatoms. The van der Waals surface area contributed by atoms with E-state index in [0.29, 0.717) is 34.0 Å². The Morgan fingerprint density at radius 1 is 1.11 bits per heavy atom. The zero-order valence-corrected chi connectivity index (χ0v) is 12.1. The summed E-state index contributed by atoms with van der Waals surface area (Å²) in [5, 5.41) is 4.39. The molecule has 100 valence electrons. The number of anilines is 1. The number of nitrogens with zero attached hydrogens (tertiary/aromatic N) is 1. The Morgan fingerprint density at radius 2 is 1.84 bits per heavy atom. The van der Waals surface area contributed by atoms with Crippen LogP contribution in [0.5, 0.6) is 5.75 Å². The van der Waals surface area contributed by atoms with E-state index in [9.17, 15) is 0 Å². The Labute approximate surface area is 126 Å². The fraction of sp³-hybridized carbons (Fsp3) is 0.154. The lowest BCUT2D eigenvalue weighted by Gasteiger charge is -2.11. The van der Waals surface area contributed by atoms with Gasteiger partial charge < -0.3 is 10.1 Å². The van der Waals surface area contributed by atoms with Gasteiger partial charge in [-0.3, -0.25) is 0 Å². The third kappa shape index (κ3) is 4.16. The zero-order chi connectivity index (χ0) is 13.7. The highest BCUT2D eigenvalue weighted by Gasteiger charge is 2.08. The van der Waals surface area contributed by atoms with E-state index < -0.39 is 0 Å². The van der Waals surface area contributed by atoms with Crippen LogP contribution >= 0.6 is 34.8 Å². The normalized spacial score (nSPS) is 10.3. The number of hydrogen-bond acceptors (Lipinski definition) is 3. The third-order valence-electron chi connectivity index (χ3n) is 2.28. The minimum atomic E-state index is 0.398. The van der Waals surface area contributed by atoms with Crippen molar-refractivity contribution in [3.63, 3.8) is 0 Å². The molecule has 0 saturated carbocycles. The molecule has 2 aromatic rings. The summed E-state index contributed by atoms with van der Waals surface area (Å²) >= 11 is 17.8. The first-order valence-corrected chi connectivity index (χ1v) is 6.72. The summed E-state index contributed by atoms with van der Waals surface area (Å²) in [5.74, 6) is 1.23. The fourth-order valence-corrected chi connectivity index (χ4v) is 2.39. The van der Waals surface area contributed by atoms with Gasteiger partial charge in [-0.2, -0.15) is 0 Å². The minimum absolute atomic E-state index is 0.398. The smallest absolute Gasteiger partial charge is 0.156 e.